The van der Waals surface area contributed by atoms with E-state index in [9.17, 15) is 13.2 Å². The largest absolute Gasteiger partial charge is 0.416 e. The first kappa shape index (κ1) is 12.2. The summed E-state index contributed by atoms with van der Waals surface area (Å²) in [5.74, 6) is 0. The number of fused-ring (bicyclic) bond motifs is 1. The van der Waals surface area contributed by atoms with Gasteiger partial charge in [-0.3, -0.25) is 0 Å². The summed E-state index contributed by atoms with van der Waals surface area (Å²) < 4.78 is 37.7. The zero-order valence-corrected chi connectivity index (χ0v) is 9.51. The van der Waals surface area contributed by atoms with Crippen molar-refractivity contribution in [2.24, 2.45) is 5.73 Å². The summed E-state index contributed by atoms with van der Waals surface area (Å²) >= 11 is 0. The van der Waals surface area contributed by atoms with E-state index >= 15 is 0 Å². The Kier molecular flexibility index (Phi) is 3.03. The standard InChI is InChI=1S/C12H15F3N2/c1-2-8-6-10(16)9-5-7(12(13,14)15)3-4-11(9)17-8/h3-5,8,10,17H,2,6,16H2,1H3/t8-,10+/m0/s1. The molecule has 0 fully saturated rings. The van der Waals surface area contributed by atoms with Gasteiger partial charge in [0.2, 0.25) is 0 Å². The zero-order valence-electron chi connectivity index (χ0n) is 9.51. The van der Waals surface area contributed by atoms with E-state index in [4.69, 9.17) is 5.73 Å². The van der Waals surface area contributed by atoms with Gasteiger partial charge in [0.25, 0.3) is 0 Å². The molecule has 0 amide bonds. The molecule has 0 saturated heterocycles. The first-order chi connectivity index (χ1) is 7.91. The van der Waals surface area contributed by atoms with Crippen LogP contribution in [0.15, 0.2) is 18.2 Å². The molecule has 0 unspecified atom stereocenters. The summed E-state index contributed by atoms with van der Waals surface area (Å²) in [6, 6.07) is 3.64. The van der Waals surface area contributed by atoms with Crippen LogP contribution in [0.25, 0.3) is 0 Å². The highest BCUT2D eigenvalue weighted by Crippen LogP contribution is 2.37. The molecule has 0 saturated carbocycles. The lowest BCUT2D eigenvalue weighted by Gasteiger charge is -2.31. The van der Waals surface area contributed by atoms with Crippen LogP contribution in [0.4, 0.5) is 18.9 Å². The van der Waals surface area contributed by atoms with Gasteiger partial charge in [0.05, 0.1) is 5.56 Å². The molecular weight excluding hydrogens is 229 g/mol. The van der Waals surface area contributed by atoms with Crippen molar-refractivity contribution in [2.75, 3.05) is 5.32 Å². The van der Waals surface area contributed by atoms with Crippen LogP contribution in [0.5, 0.6) is 0 Å². The Labute approximate surface area is 98.0 Å². The molecule has 1 heterocycles. The number of rotatable bonds is 1. The molecule has 0 radical (unpaired) electrons. The van der Waals surface area contributed by atoms with Gasteiger partial charge in [-0.1, -0.05) is 6.92 Å². The normalized spacial score (nSPS) is 24.1. The minimum atomic E-state index is -4.31. The van der Waals surface area contributed by atoms with E-state index in [0.717, 1.165) is 24.2 Å². The second kappa shape index (κ2) is 4.22. The number of hydrogen-bond acceptors (Lipinski definition) is 2. The quantitative estimate of drug-likeness (QED) is 0.795. The molecule has 1 aromatic carbocycles. The molecule has 1 aromatic rings. The van der Waals surface area contributed by atoms with E-state index in [1.54, 1.807) is 0 Å². The Morgan fingerprint density at radius 2 is 2.12 bits per heavy atom. The molecule has 0 spiro atoms. The predicted octanol–water partition coefficient (Wildman–Crippen LogP) is 3.30. The Bertz CT molecular complexity index is 415. The van der Waals surface area contributed by atoms with Crippen molar-refractivity contribution in [1.29, 1.82) is 0 Å². The van der Waals surface area contributed by atoms with Crippen molar-refractivity contribution in [3.63, 3.8) is 0 Å². The monoisotopic (exact) mass is 244 g/mol. The average Bonchev–Trinajstić information content (AvgIpc) is 2.27. The third-order valence-electron chi connectivity index (χ3n) is 3.17. The molecule has 0 bridgehead atoms. The van der Waals surface area contributed by atoms with Gasteiger partial charge in [0, 0.05) is 17.8 Å². The first-order valence-corrected chi connectivity index (χ1v) is 5.65. The van der Waals surface area contributed by atoms with Crippen LogP contribution < -0.4 is 11.1 Å². The van der Waals surface area contributed by atoms with Crippen LogP contribution in [0, 0.1) is 0 Å². The Morgan fingerprint density at radius 3 is 2.71 bits per heavy atom. The fourth-order valence-electron chi connectivity index (χ4n) is 2.16. The molecule has 94 valence electrons. The lowest BCUT2D eigenvalue weighted by molar-refractivity contribution is -0.137. The smallest absolute Gasteiger partial charge is 0.382 e. The van der Waals surface area contributed by atoms with Crippen LogP contribution in [-0.2, 0) is 6.18 Å². The molecular formula is C12H15F3N2. The predicted molar refractivity (Wildman–Crippen MR) is 60.7 cm³/mol. The first-order valence-electron chi connectivity index (χ1n) is 5.65. The molecule has 5 heteroatoms. The maximum absolute atomic E-state index is 12.6. The maximum atomic E-state index is 12.6. The highest BCUT2D eigenvalue weighted by molar-refractivity contribution is 5.57. The lowest BCUT2D eigenvalue weighted by Crippen LogP contribution is -2.31. The Morgan fingerprint density at radius 1 is 1.41 bits per heavy atom. The highest BCUT2D eigenvalue weighted by Gasteiger charge is 2.32. The number of nitrogens with one attached hydrogen (secondary N) is 1. The second-order valence-electron chi connectivity index (χ2n) is 4.39. The fraction of sp³-hybridized carbons (Fsp3) is 0.500. The zero-order chi connectivity index (χ0) is 12.6. The van der Waals surface area contributed by atoms with Crippen LogP contribution in [0.1, 0.15) is 36.9 Å². The summed E-state index contributed by atoms with van der Waals surface area (Å²) in [4.78, 5) is 0. The second-order valence-corrected chi connectivity index (χ2v) is 4.39. The lowest BCUT2D eigenvalue weighted by atomic mass is 9.91. The van der Waals surface area contributed by atoms with E-state index in [1.165, 1.54) is 6.07 Å². The SMILES string of the molecule is CC[C@H]1C[C@@H](N)c2cc(C(F)(F)F)ccc2N1. The van der Waals surface area contributed by atoms with Gasteiger partial charge < -0.3 is 11.1 Å². The fourth-order valence-corrected chi connectivity index (χ4v) is 2.16. The molecule has 3 N–H and O–H groups in total. The van der Waals surface area contributed by atoms with Gasteiger partial charge in [0.1, 0.15) is 0 Å². The number of benzene rings is 1. The van der Waals surface area contributed by atoms with Crippen LogP contribution in [0.3, 0.4) is 0 Å². The summed E-state index contributed by atoms with van der Waals surface area (Å²) in [5.41, 5.74) is 6.57. The van der Waals surface area contributed by atoms with Gasteiger partial charge in [-0.15, -0.1) is 0 Å². The number of halogens is 3. The molecule has 2 nitrogen and oxygen atoms in total. The van der Waals surface area contributed by atoms with E-state index in [1.807, 2.05) is 6.92 Å². The number of anilines is 1. The molecule has 2 rings (SSSR count). The molecule has 1 aliphatic rings. The van der Waals surface area contributed by atoms with Crippen molar-refractivity contribution in [3.8, 4) is 0 Å². The summed E-state index contributed by atoms with van der Waals surface area (Å²) in [6.45, 7) is 2.03. The maximum Gasteiger partial charge on any atom is 0.416 e. The van der Waals surface area contributed by atoms with Gasteiger partial charge in [-0.05, 0) is 36.6 Å². The molecule has 0 aromatic heterocycles. The van der Waals surface area contributed by atoms with Crippen LogP contribution >= 0.6 is 0 Å². The molecule has 1 aliphatic heterocycles. The molecule has 0 aliphatic carbocycles. The van der Waals surface area contributed by atoms with Crippen molar-refractivity contribution in [3.05, 3.63) is 29.3 Å². The summed E-state index contributed by atoms with van der Waals surface area (Å²) in [7, 11) is 0. The highest BCUT2D eigenvalue weighted by atomic mass is 19.4. The summed E-state index contributed by atoms with van der Waals surface area (Å²) in [6.07, 6.45) is -2.73. The Balaban J connectivity index is 2.37. The van der Waals surface area contributed by atoms with Crippen molar-refractivity contribution < 1.29 is 13.2 Å². The van der Waals surface area contributed by atoms with E-state index in [2.05, 4.69) is 5.32 Å². The topological polar surface area (TPSA) is 38.0 Å². The van der Waals surface area contributed by atoms with Crippen molar-refractivity contribution in [2.45, 2.75) is 38.0 Å². The van der Waals surface area contributed by atoms with E-state index < -0.39 is 11.7 Å². The number of hydrogen-bond donors (Lipinski definition) is 2. The van der Waals surface area contributed by atoms with Gasteiger partial charge in [-0.25, -0.2) is 0 Å². The number of alkyl halides is 3. The third-order valence-corrected chi connectivity index (χ3v) is 3.17. The van der Waals surface area contributed by atoms with E-state index in [0.29, 0.717) is 12.0 Å². The van der Waals surface area contributed by atoms with Crippen LogP contribution in [0.2, 0.25) is 0 Å². The third kappa shape index (κ3) is 2.39. The molecule has 2 atom stereocenters. The minimum absolute atomic E-state index is 0.245. The summed E-state index contributed by atoms with van der Waals surface area (Å²) in [5, 5.41) is 3.21. The van der Waals surface area contributed by atoms with E-state index in [-0.39, 0.29) is 12.1 Å². The van der Waals surface area contributed by atoms with Gasteiger partial charge >= 0.3 is 6.18 Å². The van der Waals surface area contributed by atoms with Gasteiger partial charge in [0.15, 0.2) is 0 Å². The van der Waals surface area contributed by atoms with Crippen molar-refractivity contribution in [1.82, 2.24) is 0 Å². The number of nitrogens with two attached hydrogens (primary N) is 1. The minimum Gasteiger partial charge on any atom is -0.382 e. The molecule has 17 heavy (non-hydrogen) atoms. The van der Waals surface area contributed by atoms with Gasteiger partial charge in [-0.2, -0.15) is 13.2 Å². The Hall–Kier alpha value is -1.23. The average molecular weight is 244 g/mol. The van der Waals surface area contributed by atoms with Crippen LogP contribution in [-0.4, -0.2) is 6.04 Å². The van der Waals surface area contributed by atoms with Crippen molar-refractivity contribution >= 4 is 5.69 Å².